The van der Waals surface area contributed by atoms with Crippen LogP contribution in [0, 0.1) is 12.5 Å². The summed E-state index contributed by atoms with van der Waals surface area (Å²) >= 11 is 0. The van der Waals surface area contributed by atoms with E-state index in [1.165, 1.54) is 0 Å². The van der Waals surface area contributed by atoms with Crippen LogP contribution in [0.3, 0.4) is 0 Å². The second kappa shape index (κ2) is 5.05. The van der Waals surface area contributed by atoms with E-state index in [9.17, 15) is 0 Å². The Bertz CT molecular complexity index is 544. The highest BCUT2D eigenvalue weighted by Crippen LogP contribution is 2.22. The first kappa shape index (κ1) is 11.0. The highest BCUT2D eigenvalue weighted by Gasteiger charge is 2.01. The number of anilines is 1. The van der Waals surface area contributed by atoms with E-state index in [1.807, 2.05) is 42.5 Å². The van der Waals surface area contributed by atoms with Gasteiger partial charge >= 0.3 is 0 Å². The number of nitrogens with one attached hydrogen (secondary N) is 1. The molecule has 0 saturated heterocycles. The first-order chi connectivity index (χ1) is 8.31. The molecule has 0 aliphatic carbocycles. The summed E-state index contributed by atoms with van der Waals surface area (Å²) in [5, 5.41) is 2.81. The van der Waals surface area contributed by atoms with Crippen molar-refractivity contribution in [1.29, 1.82) is 0 Å². The molecule has 2 rings (SSSR count). The Hall–Kier alpha value is -2.46. The second-order valence-electron chi connectivity index (χ2n) is 3.69. The van der Waals surface area contributed by atoms with E-state index in [-0.39, 0.29) is 0 Å². The quantitative estimate of drug-likeness (QED) is 0.612. The molecule has 0 aliphatic heterocycles. The van der Waals surface area contributed by atoms with Crippen molar-refractivity contribution >= 4 is 11.3 Å². The summed E-state index contributed by atoms with van der Waals surface area (Å²) in [5.41, 5.74) is 4.15. The van der Waals surface area contributed by atoms with Crippen LogP contribution in [-0.2, 0) is 0 Å². The molecule has 1 N–H and O–H groups in total. The van der Waals surface area contributed by atoms with Gasteiger partial charge in [0.25, 0.3) is 0 Å². The summed E-state index contributed by atoms with van der Waals surface area (Å²) in [6, 6.07) is 20.4. The molecule has 0 heterocycles. The van der Waals surface area contributed by atoms with Crippen LogP contribution in [0.15, 0.2) is 61.2 Å². The van der Waals surface area contributed by atoms with Crippen LogP contribution < -0.4 is 5.32 Å². The van der Waals surface area contributed by atoms with Gasteiger partial charge in [-0.25, -0.2) is 0 Å². The molecule has 0 bridgehead atoms. The molecule has 2 aromatic rings. The first-order valence-corrected chi connectivity index (χ1v) is 5.37. The van der Waals surface area contributed by atoms with Crippen LogP contribution >= 0.6 is 0 Å². The molecule has 0 aliphatic rings. The molecule has 82 valence electrons. The van der Waals surface area contributed by atoms with Gasteiger partial charge in [0.2, 0.25) is 0 Å². The summed E-state index contributed by atoms with van der Waals surface area (Å²) in [5.74, 6) is 0. The van der Waals surface area contributed by atoms with Gasteiger partial charge in [-0.1, -0.05) is 55.5 Å². The summed E-state index contributed by atoms with van der Waals surface area (Å²) < 4.78 is 0. The van der Waals surface area contributed by atoms with Gasteiger partial charge in [-0.05, 0) is 28.8 Å². The van der Waals surface area contributed by atoms with Gasteiger partial charge in [0, 0.05) is 11.7 Å². The van der Waals surface area contributed by atoms with Gasteiger partial charge in [-0.3, -0.25) is 0 Å². The van der Waals surface area contributed by atoms with Crippen molar-refractivity contribution in [2.24, 2.45) is 0 Å². The number of terminal acetylenes is 1. The first-order valence-electron chi connectivity index (χ1n) is 5.37. The fourth-order valence-electron chi connectivity index (χ4n) is 1.64. The van der Waals surface area contributed by atoms with Gasteiger partial charge in [-0.2, -0.15) is 0 Å². The zero-order chi connectivity index (χ0) is 12.1. The van der Waals surface area contributed by atoms with E-state index < -0.39 is 0 Å². The van der Waals surface area contributed by atoms with Crippen molar-refractivity contribution in [3.63, 3.8) is 0 Å². The van der Waals surface area contributed by atoms with E-state index in [0.717, 1.165) is 22.4 Å². The maximum absolute atomic E-state index is 5.17. The van der Waals surface area contributed by atoms with Gasteiger partial charge < -0.3 is 5.32 Å². The third kappa shape index (κ3) is 2.56. The fourth-order valence-corrected chi connectivity index (χ4v) is 1.64. The van der Waals surface area contributed by atoms with Crippen LogP contribution in [0.2, 0.25) is 0 Å². The lowest BCUT2D eigenvalue weighted by molar-refractivity contribution is 1.54. The molecular formula is C16H13N. The maximum Gasteiger partial charge on any atom is 0.0459 e. The van der Waals surface area contributed by atoms with Crippen molar-refractivity contribution in [1.82, 2.24) is 0 Å². The molecular weight excluding hydrogens is 206 g/mol. The van der Waals surface area contributed by atoms with Crippen molar-refractivity contribution in [3.05, 3.63) is 72.3 Å². The van der Waals surface area contributed by atoms with Crippen molar-refractivity contribution in [2.45, 2.75) is 0 Å². The zero-order valence-electron chi connectivity index (χ0n) is 9.48. The van der Waals surface area contributed by atoms with E-state index in [1.54, 1.807) is 0 Å². The Morgan fingerprint density at radius 3 is 2.12 bits per heavy atom. The standard InChI is InChI=1S/C16H13N/c1-3-17-16-11-9-15(10-12-16)13(2)14-7-5-4-6-8-14/h1,4-12,17H,2H2. The topological polar surface area (TPSA) is 12.0 Å². The molecule has 2 aromatic carbocycles. The molecule has 0 unspecified atom stereocenters. The second-order valence-corrected chi connectivity index (χ2v) is 3.69. The minimum absolute atomic E-state index is 0.914. The van der Waals surface area contributed by atoms with Gasteiger partial charge in [0.15, 0.2) is 0 Å². The Morgan fingerprint density at radius 1 is 0.941 bits per heavy atom. The molecule has 0 fully saturated rings. The van der Waals surface area contributed by atoms with E-state index in [2.05, 4.69) is 30.1 Å². The number of rotatable bonds is 3. The molecule has 17 heavy (non-hydrogen) atoms. The van der Waals surface area contributed by atoms with Crippen LogP contribution in [0.5, 0.6) is 0 Å². The predicted octanol–water partition coefficient (Wildman–Crippen LogP) is 3.75. The predicted molar refractivity (Wildman–Crippen MR) is 73.5 cm³/mol. The SMILES string of the molecule is C#CNc1ccc(C(=C)c2ccccc2)cc1. The summed E-state index contributed by atoms with van der Waals surface area (Å²) in [7, 11) is 0. The molecule has 0 saturated carbocycles. The Morgan fingerprint density at radius 2 is 1.53 bits per heavy atom. The smallest absolute Gasteiger partial charge is 0.0459 e. The summed E-state index contributed by atoms with van der Waals surface area (Å²) in [6.45, 7) is 4.11. The number of benzene rings is 2. The Balaban J connectivity index is 2.24. The maximum atomic E-state index is 5.17. The molecule has 0 radical (unpaired) electrons. The van der Waals surface area contributed by atoms with Crippen LogP contribution in [0.25, 0.3) is 5.57 Å². The van der Waals surface area contributed by atoms with E-state index in [0.29, 0.717) is 0 Å². The molecule has 0 spiro atoms. The van der Waals surface area contributed by atoms with Gasteiger partial charge in [-0.15, -0.1) is 0 Å². The molecule has 0 aromatic heterocycles. The molecule has 1 heteroatoms. The summed E-state index contributed by atoms with van der Waals surface area (Å²) in [4.78, 5) is 0. The highest BCUT2D eigenvalue weighted by molar-refractivity contribution is 5.78. The summed E-state index contributed by atoms with van der Waals surface area (Å²) in [6.07, 6.45) is 5.17. The lowest BCUT2D eigenvalue weighted by atomic mass is 10.00. The Labute approximate surface area is 102 Å². The van der Waals surface area contributed by atoms with Crippen molar-refractivity contribution < 1.29 is 0 Å². The highest BCUT2D eigenvalue weighted by atomic mass is 14.8. The van der Waals surface area contributed by atoms with Crippen LogP contribution in [0.1, 0.15) is 11.1 Å². The van der Waals surface area contributed by atoms with E-state index in [4.69, 9.17) is 6.42 Å². The molecule has 0 amide bonds. The monoisotopic (exact) mass is 219 g/mol. The normalized spacial score (nSPS) is 9.35. The third-order valence-corrected chi connectivity index (χ3v) is 2.57. The number of hydrogen-bond donors (Lipinski definition) is 1. The fraction of sp³-hybridized carbons (Fsp3) is 0. The minimum atomic E-state index is 0.914. The Kier molecular flexibility index (Phi) is 3.28. The lowest BCUT2D eigenvalue weighted by Gasteiger charge is -2.07. The third-order valence-electron chi connectivity index (χ3n) is 2.57. The average Bonchev–Trinajstić information content (AvgIpc) is 2.40. The zero-order valence-corrected chi connectivity index (χ0v) is 9.48. The average molecular weight is 219 g/mol. The van der Waals surface area contributed by atoms with E-state index >= 15 is 0 Å². The largest absolute Gasteiger partial charge is 0.315 e. The number of hydrogen-bond acceptors (Lipinski definition) is 1. The molecule has 1 nitrogen and oxygen atoms in total. The molecule has 0 atom stereocenters. The van der Waals surface area contributed by atoms with Crippen LogP contribution in [-0.4, -0.2) is 0 Å². The van der Waals surface area contributed by atoms with Gasteiger partial charge in [0.1, 0.15) is 0 Å². The van der Waals surface area contributed by atoms with Gasteiger partial charge in [0.05, 0.1) is 0 Å². The minimum Gasteiger partial charge on any atom is -0.315 e. The lowest BCUT2D eigenvalue weighted by Crippen LogP contribution is -1.89. The van der Waals surface area contributed by atoms with Crippen LogP contribution in [0.4, 0.5) is 5.69 Å². The van der Waals surface area contributed by atoms with Crippen molar-refractivity contribution in [2.75, 3.05) is 5.32 Å². The van der Waals surface area contributed by atoms with Crippen molar-refractivity contribution in [3.8, 4) is 12.5 Å².